The molecule has 0 aromatic carbocycles. The Bertz CT molecular complexity index is 816. The molecule has 0 aliphatic carbocycles. The number of hydrogen-bond acceptors (Lipinski definition) is 5. The number of carboxylic acids is 1. The van der Waals surface area contributed by atoms with Crippen LogP contribution < -0.4 is 4.90 Å². The molecule has 1 fully saturated rings. The standard InChI is InChI=1S/C16H13N3O4/c1-9-4-6-18-14(11-8-10(16(22)23)5-7-17-11)15(9)19-12(20)2-3-13(19)21/h4-8H,2-3H2,1H3,(H,22,23). The molecule has 1 aliphatic rings. The van der Waals surface area contributed by atoms with Gasteiger partial charge in [-0.25, -0.2) is 9.69 Å². The van der Waals surface area contributed by atoms with Crippen LogP contribution in [0.5, 0.6) is 0 Å². The van der Waals surface area contributed by atoms with Gasteiger partial charge in [-0.05, 0) is 30.7 Å². The summed E-state index contributed by atoms with van der Waals surface area (Å²) >= 11 is 0. The molecular formula is C16H13N3O4. The number of rotatable bonds is 3. The molecule has 0 unspecified atom stereocenters. The zero-order valence-corrected chi connectivity index (χ0v) is 12.3. The first-order valence-corrected chi connectivity index (χ1v) is 7.00. The summed E-state index contributed by atoms with van der Waals surface area (Å²) in [4.78, 5) is 44.7. The second-order valence-corrected chi connectivity index (χ2v) is 5.18. The summed E-state index contributed by atoms with van der Waals surface area (Å²) in [6.07, 6.45) is 3.22. The molecule has 1 aliphatic heterocycles. The van der Waals surface area contributed by atoms with Crippen molar-refractivity contribution in [3.8, 4) is 11.4 Å². The highest BCUT2D eigenvalue weighted by atomic mass is 16.4. The predicted molar refractivity (Wildman–Crippen MR) is 80.9 cm³/mol. The predicted octanol–water partition coefficient (Wildman–Crippen LogP) is 1.80. The highest BCUT2D eigenvalue weighted by Gasteiger charge is 2.33. The summed E-state index contributed by atoms with van der Waals surface area (Å²) < 4.78 is 0. The Balaban J connectivity index is 2.19. The third-order valence-electron chi connectivity index (χ3n) is 3.65. The molecule has 2 amide bonds. The van der Waals surface area contributed by atoms with Crippen LogP contribution in [0.3, 0.4) is 0 Å². The largest absolute Gasteiger partial charge is 0.478 e. The topological polar surface area (TPSA) is 100 Å². The van der Waals surface area contributed by atoms with Crippen LogP contribution >= 0.6 is 0 Å². The number of nitrogens with zero attached hydrogens (tertiary/aromatic N) is 3. The highest BCUT2D eigenvalue weighted by Crippen LogP contribution is 2.34. The van der Waals surface area contributed by atoms with Gasteiger partial charge in [0.2, 0.25) is 11.8 Å². The van der Waals surface area contributed by atoms with E-state index in [0.717, 1.165) is 4.90 Å². The molecule has 3 heterocycles. The molecule has 23 heavy (non-hydrogen) atoms. The van der Waals surface area contributed by atoms with E-state index < -0.39 is 5.97 Å². The van der Waals surface area contributed by atoms with Crippen LogP contribution in [0.2, 0.25) is 0 Å². The molecule has 116 valence electrons. The second kappa shape index (κ2) is 5.60. The minimum absolute atomic E-state index is 0.0586. The number of hydrogen-bond donors (Lipinski definition) is 1. The fourth-order valence-corrected chi connectivity index (χ4v) is 2.54. The third kappa shape index (κ3) is 2.57. The molecular weight excluding hydrogens is 298 g/mol. The lowest BCUT2D eigenvalue weighted by molar-refractivity contribution is -0.121. The monoisotopic (exact) mass is 311 g/mol. The van der Waals surface area contributed by atoms with Gasteiger partial charge < -0.3 is 5.11 Å². The number of amides is 2. The van der Waals surface area contributed by atoms with E-state index in [-0.39, 0.29) is 30.2 Å². The lowest BCUT2D eigenvalue weighted by Crippen LogP contribution is -2.30. The molecule has 1 N–H and O–H groups in total. The van der Waals surface area contributed by atoms with Gasteiger partial charge in [-0.1, -0.05) is 0 Å². The lowest BCUT2D eigenvalue weighted by Gasteiger charge is -2.19. The number of carbonyl (C=O) groups excluding carboxylic acids is 2. The maximum absolute atomic E-state index is 12.1. The summed E-state index contributed by atoms with van der Waals surface area (Å²) in [6.45, 7) is 1.76. The van der Waals surface area contributed by atoms with Gasteiger partial charge in [0.25, 0.3) is 0 Å². The van der Waals surface area contributed by atoms with E-state index >= 15 is 0 Å². The fourth-order valence-electron chi connectivity index (χ4n) is 2.54. The molecule has 2 aromatic heterocycles. The van der Waals surface area contributed by atoms with Crippen molar-refractivity contribution in [3.63, 3.8) is 0 Å². The molecule has 2 aromatic rings. The van der Waals surface area contributed by atoms with Crippen LogP contribution in [-0.2, 0) is 9.59 Å². The van der Waals surface area contributed by atoms with Crippen molar-refractivity contribution < 1.29 is 19.5 Å². The summed E-state index contributed by atoms with van der Waals surface area (Å²) in [6, 6.07) is 4.44. The summed E-state index contributed by atoms with van der Waals surface area (Å²) in [5.74, 6) is -1.67. The smallest absolute Gasteiger partial charge is 0.335 e. The number of carbonyl (C=O) groups is 3. The number of carboxylic acid groups (broad SMARTS) is 1. The molecule has 0 atom stereocenters. The van der Waals surface area contributed by atoms with Gasteiger partial charge in [0, 0.05) is 25.2 Å². The van der Waals surface area contributed by atoms with Crippen molar-refractivity contribution in [2.45, 2.75) is 19.8 Å². The Morgan fingerprint density at radius 1 is 1.13 bits per heavy atom. The van der Waals surface area contributed by atoms with E-state index in [0.29, 0.717) is 22.6 Å². The van der Waals surface area contributed by atoms with E-state index in [9.17, 15) is 14.4 Å². The Hall–Kier alpha value is -3.09. The number of anilines is 1. The summed E-state index contributed by atoms with van der Waals surface area (Å²) in [5.41, 5.74) is 1.74. The first kappa shape index (κ1) is 14.8. The zero-order chi connectivity index (χ0) is 16.6. The van der Waals surface area contributed by atoms with Gasteiger partial charge >= 0.3 is 5.97 Å². The van der Waals surface area contributed by atoms with Crippen molar-refractivity contribution in [1.29, 1.82) is 0 Å². The van der Waals surface area contributed by atoms with Crippen LogP contribution in [0.4, 0.5) is 5.69 Å². The van der Waals surface area contributed by atoms with Crippen molar-refractivity contribution >= 4 is 23.5 Å². The quantitative estimate of drug-likeness (QED) is 0.868. The van der Waals surface area contributed by atoms with E-state index in [4.69, 9.17) is 5.11 Å². The number of aromatic nitrogens is 2. The maximum Gasteiger partial charge on any atom is 0.335 e. The molecule has 7 heteroatoms. The molecule has 1 saturated heterocycles. The molecule has 0 bridgehead atoms. The molecule has 3 rings (SSSR count). The normalized spacial score (nSPS) is 14.4. The Morgan fingerprint density at radius 3 is 2.43 bits per heavy atom. The average Bonchev–Trinajstić information content (AvgIpc) is 2.86. The van der Waals surface area contributed by atoms with E-state index in [2.05, 4.69) is 9.97 Å². The van der Waals surface area contributed by atoms with E-state index in [1.54, 1.807) is 13.0 Å². The Kier molecular flexibility index (Phi) is 3.61. The van der Waals surface area contributed by atoms with Crippen molar-refractivity contribution in [2.75, 3.05) is 4.90 Å². The van der Waals surface area contributed by atoms with E-state index in [1.807, 2.05) is 0 Å². The van der Waals surface area contributed by atoms with Gasteiger partial charge in [0.15, 0.2) is 0 Å². The minimum atomic E-state index is -1.09. The molecule has 0 radical (unpaired) electrons. The van der Waals surface area contributed by atoms with Gasteiger partial charge in [-0.2, -0.15) is 0 Å². The van der Waals surface area contributed by atoms with Crippen molar-refractivity contribution in [1.82, 2.24) is 9.97 Å². The molecule has 0 spiro atoms. The number of imide groups is 1. The lowest BCUT2D eigenvalue weighted by atomic mass is 10.1. The SMILES string of the molecule is Cc1ccnc(-c2cc(C(=O)O)ccn2)c1N1C(=O)CCC1=O. The number of aromatic carboxylic acids is 1. The fraction of sp³-hybridized carbons (Fsp3) is 0.188. The van der Waals surface area contributed by atoms with Crippen LogP contribution in [0.15, 0.2) is 30.6 Å². The van der Waals surface area contributed by atoms with Crippen molar-refractivity contribution in [3.05, 3.63) is 41.7 Å². The van der Waals surface area contributed by atoms with Crippen LogP contribution in [-0.4, -0.2) is 32.9 Å². The Morgan fingerprint density at radius 2 is 1.78 bits per heavy atom. The third-order valence-corrected chi connectivity index (χ3v) is 3.65. The summed E-state index contributed by atoms with van der Waals surface area (Å²) in [7, 11) is 0. The van der Waals surface area contributed by atoms with Gasteiger partial charge in [0.05, 0.1) is 16.9 Å². The van der Waals surface area contributed by atoms with Gasteiger partial charge in [-0.3, -0.25) is 19.6 Å². The summed E-state index contributed by atoms with van der Waals surface area (Å²) in [5, 5.41) is 9.11. The molecule has 7 nitrogen and oxygen atoms in total. The number of aryl methyl sites for hydroxylation is 1. The average molecular weight is 311 g/mol. The van der Waals surface area contributed by atoms with Crippen LogP contribution in [0.1, 0.15) is 28.8 Å². The maximum atomic E-state index is 12.1. The number of pyridine rings is 2. The highest BCUT2D eigenvalue weighted by molar-refractivity contribution is 6.21. The van der Waals surface area contributed by atoms with E-state index in [1.165, 1.54) is 24.5 Å². The first-order chi connectivity index (χ1) is 11.0. The van der Waals surface area contributed by atoms with Crippen LogP contribution in [0, 0.1) is 6.92 Å². The second-order valence-electron chi connectivity index (χ2n) is 5.18. The van der Waals surface area contributed by atoms with Crippen LogP contribution in [0.25, 0.3) is 11.4 Å². The Labute approximate surface area is 131 Å². The zero-order valence-electron chi connectivity index (χ0n) is 12.3. The van der Waals surface area contributed by atoms with Crippen molar-refractivity contribution in [2.24, 2.45) is 0 Å². The first-order valence-electron chi connectivity index (χ1n) is 7.00. The minimum Gasteiger partial charge on any atom is -0.478 e. The molecule has 0 saturated carbocycles. The van der Waals surface area contributed by atoms with Gasteiger partial charge in [0.1, 0.15) is 5.69 Å². The van der Waals surface area contributed by atoms with Gasteiger partial charge in [-0.15, -0.1) is 0 Å².